The molecule has 0 heterocycles. The van der Waals surface area contributed by atoms with Gasteiger partial charge in [-0.05, 0) is 19.1 Å². The lowest BCUT2D eigenvalue weighted by molar-refractivity contribution is 0.101. The van der Waals surface area contributed by atoms with Gasteiger partial charge >= 0.3 is 0 Å². The number of carbonyl (C=O) groups excluding carboxylic acids is 1. The van der Waals surface area contributed by atoms with E-state index in [2.05, 4.69) is 0 Å². The van der Waals surface area contributed by atoms with Crippen LogP contribution < -0.4 is 4.74 Å². The highest BCUT2D eigenvalue weighted by molar-refractivity contribution is 6.18. The second-order valence-electron chi connectivity index (χ2n) is 2.73. The molecule has 0 aromatic heterocycles. The Hall–Kier alpha value is -1.09. The monoisotopic (exact) mass is 216 g/mol. The molecule has 0 atom stereocenters. The van der Waals surface area contributed by atoms with Crippen molar-refractivity contribution in [2.24, 2.45) is 0 Å². The highest BCUT2D eigenvalue weighted by Crippen LogP contribution is 2.20. The first-order valence-corrected chi connectivity index (χ1v) is 4.68. The quantitative estimate of drug-likeness (QED) is 0.571. The molecule has 0 saturated heterocycles. The number of ketones is 1. The summed E-state index contributed by atoms with van der Waals surface area (Å²) in [5, 5.41) is 0. The van der Waals surface area contributed by atoms with Crippen LogP contribution in [-0.4, -0.2) is 18.3 Å². The molecule has 0 bridgehead atoms. The molecule has 0 radical (unpaired) electrons. The fourth-order valence-corrected chi connectivity index (χ4v) is 1.13. The van der Waals surface area contributed by atoms with Gasteiger partial charge in [0, 0.05) is 6.07 Å². The van der Waals surface area contributed by atoms with E-state index in [9.17, 15) is 9.18 Å². The maximum absolute atomic E-state index is 12.8. The second kappa shape index (κ2) is 4.96. The van der Waals surface area contributed by atoms with Crippen molar-refractivity contribution in [2.45, 2.75) is 6.92 Å². The number of benzene rings is 1. The van der Waals surface area contributed by atoms with Crippen molar-refractivity contribution in [1.82, 2.24) is 0 Å². The van der Waals surface area contributed by atoms with Crippen molar-refractivity contribution in [3.8, 4) is 5.75 Å². The summed E-state index contributed by atoms with van der Waals surface area (Å²) in [7, 11) is 0. The number of rotatable bonds is 4. The Bertz CT molecular complexity index is 339. The van der Waals surface area contributed by atoms with E-state index in [1.54, 1.807) is 0 Å². The number of carbonyl (C=O) groups is 1. The van der Waals surface area contributed by atoms with Gasteiger partial charge in [0.05, 0.1) is 11.4 Å². The van der Waals surface area contributed by atoms with Gasteiger partial charge in [-0.2, -0.15) is 0 Å². The number of hydrogen-bond donors (Lipinski definition) is 0. The Morgan fingerprint density at radius 3 is 2.86 bits per heavy atom. The first-order chi connectivity index (χ1) is 6.65. The van der Waals surface area contributed by atoms with Crippen LogP contribution >= 0.6 is 11.6 Å². The average Bonchev–Trinajstić information content (AvgIpc) is 2.14. The molecule has 0 aliphatic carbocycles. The van der Waals surface area contributed by atoms with E-state index in [4.69, 9.17) is 16.3 Å². The van der Waals surface area contributed by atoms with Crippen LogP contribution in [0.1, 0.15) is 17.3 Å². The van der Waals surface area contributed by atoms with Gasteiger partial charge in [0.15, 0.2) is 5.78 Å². The molecule has 0 amide bonds. The largest absolute Gasteiger partial charge is 0.491 e. The fourth-order valence-electron chi connectivity index (χ4n) is 1.05. The molecular weight excluding hydrogens is 207 g/mol. The zero-order chi connectivity index (χ0) is 10.6. The van der Waals surface area contributed by atoms with Gasteiger partial charge in [0.25, 0.3) is 0 Å². The van der Waals surface area contributed by atoms with Gasteiger partial charge < -0.3 is 4.74 Å². The van der Waals surface area contributed by atoms with E-state index in [0.29, 0.717) is 11.4 Å². The lowest BCUT2D eigenvalue weighted by Crippen LogP contribution is -2.04. The van der Waals surface area contributed by atoms with E-state index in [0.717, 1.165) is 0 Å². The Kier molecular flexibility index (Phi) is 3.89. The molecule has 0 aliphatic rings. The van der Waals surface area contributed by atoms with Crippen LogP contribution in [0.25, 0.3) is 0 Å². The summed E-state index contributed by atoms with van der Waals surface area (Å²) < 4.78 is 17.9. The number of alkyl halides is 1. The molecular formula is C10H10ClFO2. The van der Waals surface area contributed by atoms with Gasteiger partial charge in [0.2, 0.25) is 0 Å². The Morgan fingerprint density at radius 2 is 2.29 bits per heavy atom. The SMILES string of the molecule is CC(=O)c1ccc(F)cc1OCCCl. The molecule has 0 unspecified atom stereocenters. The van der Waals surface area contributed by atoms with Gasteiger partial charge in [0.1, 0.15) is 18.2 Å². The van der Waals surface area contributed by atoms with Crippen LogP contribution in [0.5, 0.6) is 5.75 Å². The third kappa shape index (κ3) is 2.70. The molecule has 1 rings (SSSR count). The number of Topliss-reactive ketones (excluding diaryl/α,β-unsaturated/α-hetero) is 1. The van der Waals surface area contributed by atoms with E-state index < -0.39 is 5.82 Å². The third-order valence-electron chi connectivity index (χ3n) is 1.66. The molecule has 0 fully saturated rings. The van der Waals surface area contributed by atoms with Gasteiger partial charge in [-0.15, -0.1) is 11.6 Å². The van der Waals surface area contributed by atoms with Crippen molar-refractivity contribution in [3.63, 3.8) is 0 Å². The summed E-state index contributed by atoms with van der Waals surface area (Å²) in [6, 6.07) is 3.81. The number of hydrogen-bond acceptors (Lipinski definition) is 2. The fraction of sp³-hybridized carbons (Fsp3) is 0.300. The van der Waals surface area contributed by atoms with Crippen LogP contribution in [0.4, 0.5) is 4.39 Å². The van der Waals surface area contributed by atoms with Crippen molar-refractivity contribution in [2.75, 3.05) is 12.5 Å². The summed E-state index contributed by atoms with van der Waals surface area (Å²) in [5.41, 5.74) is 0.372. The number of halogens is 2. The van der Waals surface area contributed by atoms with E-state index in [1.807, 2.05) is 0 Å². The molecule has 0 aliphatic heterocycles. The molecule has 1 aromatic rings. The molecule has 2 nitrogen and oxygen atoms in total. The Labute approximate surface area is 86.6 Å². The Morgan fingerprint density at radius 1 is 1.57 bits per heavy atom. The van der Waals surface area contributed by atoms with Crippen LogP contribution in [0.15, 0.2) is 18.2 Å². The van der Waals surface area contributed by atoms with Crippen molar-refractivity contribution < 1.29 is 13.9 Å². The molecule has 4 heteroatoms. The summed E-state index contributed by atoms with van der Waals surface area (Å²) in [6.07, 6.45) is 0. The van der Waals surface area contributed by atoms with Crippen molar-refractivity contribution in [3.05, 3.63) is 29.6 Å². The minimum Gasteiger partial charge on any atom is -0.491 e. The first-order valence-electron chi connectivity index (χ1n) is 4.14. The van der Waals surface area contributed by atoms with Gasteiger partial charge in [-0.25, -0.2) is 4.39 Å². The van der Waals surface area contributed by atoms with Crippen LogP contribution in [0.3, 0.4) is 0 Å². The van der Waals surface area contributed by atoms with Crippen LogP contribution in [0.2, 0.25) is 0 Å². The predicted octanol–water partition coefficient (Wildman–Crippen LogP) is 2.65. The molecule has 0 saturated carbocycles. The molecule has 0 spiro atoms. The maximum Gasteiger partial charge on any atom is 0.163 e. The van der Waals surface area contributed by atoms with Gasteiger partial charge in [-0.3, -0.25) is 4.79 Å². The molecule has 76 valence electrons. The van der Waals surface area contributed by atoms with E-state index in [1.165, 1.54) is 25.1 Å². The number of ether oxygens (including phenoxy) is 1. The minimum absolute atomic E-state index is 0.158. The van der Waals surface area contributed by atoms with Crippen molar-refractivity contribution in [1.29, 1.82) is 0 Å². The minimum atomic E-state index is -0.431. The third-order valence-corrected chi connectivity index (χ3v) is 1.81. The normalized spacial score (nSPS) is 9.93. The summed E-state index contributed by atoms with van der Waals surface area (Å²) in [6.45, 7) is 1.66. The Balaban J connectivity index is 2.97. The summed E-state index contributed by atoms with van der Waals surface area (Å²) in [5.74, 6) is -0.0410. The summed E-state index contributed by atoms with van der Waals surface area (Å²) >= 11 is 5.42. The van der Waals surface area contributed by atoms with Crippen molar-refractivity contribution >= 4 is 17.4 Å². The molecule has 14 heavy (non-hydrogen) atoms. The topological polar surface area (TPSA) is 26.3 Å². The lowest BCUT2D eigenvalue weighted by atomic mass is 10.1. The summed E-state index contributed by atoms with van der Waals surface area (Å²) in [4.78, 5) is 11.1. The van der Waals surface area contributed by atoms with Crippen LogP contribution in [-0.2, 0) is 0 Å². The zero-order valence-electron chi connectivity index (χ0n) is 7.72. The lowest BCUT2D eigenvalue weighted by Gasteiger charge is -2.07. The first kappa shape index (κ1) is 11.0. The highest BCUT2D eigenvalue weighted by atomic mass is 35.5. The molecule has 1 aromatic carbocycles. The zero-order valence-corrected chi connectivity index (χ0v) is 8.47. The standard InChI is InChI=1S/C10H10ClFO2/c1-7(13)9-3-2-8(12)6-10(9)14-5-4-11/h2-3,6H,4-5H2,1H3. The maximum atomic E-state index is 12.8. The van der Waals surface area contributed by atoms with E-state index >= 15 is 0 Å². The average molecular weight is 217 g/mol. The predicted molar refractivity (Wildman–Crippen MR) is 52.6 cm³/mol. The smallest absolute Gasteiger partial charge is 0.163 e. The molecule has 0 N–H and O–H groups in total. The van der Waals surface area contributed by atoms with E-state index in [-0.39, 0.29) is 18.1 Å². The second-order valence-corrected chi connectivity index (χ2v) is 3.11. The van der Waals surface area contributed by atoms with Gasteiger partial charge in [-0.1, -0.05) is 0 Å². The van der Waals surface area contributed by atoms with Crippen LogP contribution in [0, 0.1) is 5.82 Å². The highest BCUT2D eigenvalue weighted by Gasteiger charge is 2.09.